The molecule has 1 aliphatic heterocycles. The highest BCUT2D eigenvalue weighted by atomic mass is 32.2. The number of fused-ring (bicyclic) bond motifs is 1. The molecule has 0 amide bonds. The van der Waals surface area contributed by atoms with E-state index in [4.69, 9.17) is 9.47 Å². The highest BCUT2D eigenvalue weighted by Crippen LogP contribution is 2.47. The summed E-state index contributed by atoms with van der Waals surface area (Å²) >= 11 is 1.92. The molecule has 0 aliphatic carbocycles. The van der Waals surface area contributed by atoms with Gasteiger partial charge in [0.25, 0.3) is 0 Å². The number of hydrogen-bond acceptors (Lipinski definition) is 5. The monoisotopic (exact) mass is 406 g/mol. The number of ether oxygens (including phenoxy) is 2. The molecule has 0 N–H and O–H groups in total. The Kier molecular flexibility index (Phi) is 5.95. The Balaban J connectivity index is 1.67. The first kappa shape index (κ1) is 19.6. The van der Waals surface area contributed by atoms with Crippen molar-refractivity contribution < 1.29 is 9.47 Å². The number of methoxy groups -OCH3 is 2. The molecule has 1 unspecified atom stereocenters. The van der Waals surface area contributed by atoms with Crippen molar-refractivity contribution in [2.45, 2.75) is 30.0 Å². The summed E-state index contributed by atoms with van der Waals surface area (Å²) in [6.07, 6.45) is 4.84. The number of nitrogens with zero attached hydrogens (tertiary/aromatic N) is 2. The van der Waals surface area contributed by atoms with Crippen LogP contribution in [-0.2, 0) is 6.54 Å². The van der Waals surface area contributed by atoms with Crippen molar-refractivity contribution >= 4 is 17.4 Å². The van der Waals surface area contributed by atoms with Gasteiger partial charge in [-0.1, -0.05) is 18.2 Å². The Morgan fingerprint density at radius 1 is 1.10 bits per heavy atom. The van der Waals surface area contributed by atoms with Gasteiger partial charge in [-0.05, 0) is 60.4 Å². The summed E-state index contributed by atoms with van der Waals surface area (Å²) in [6, 6.07) is 17.1. The number of pyridine rings is 1. The van der Waals surface area contributed by atoms with E-state index in [1.165, 1.54) is 27.3 Å². The third-order valence-electron chi connectivity index (χ3n) is 5.33. The van der Waals surface area contributed by atoms with Crippen LogP contribution in [0.2, 0.25) is 0 Å². The lowest BCUT2D eigenvalue weighted by molar-refractivity contribution is 0.411. The molecule has 2 aromatic carbocycles. The molecule has 0 radical (unpaired) electrons. The van der Waals surface area contributed by atoms with E-state index in [-0.39, 0.29) is 0 Å². The molecule has 1 atom stereocenters. The van der Waals surface area contributed by atoms with Gasteiger partial charge in [0.15, 0.2) is 0 Å². The van der Waals surface area contributed by atoms with Crippen molar-refractivity contribution in [3.8, 4) is 11.5 Å². The van der Waals surface area contributed by atoms with Crippen molar-refractivity contribution in [2.75, 3.05) is 25.7 Å². The lowest BCUT2D eigenvalue weighted by Gasteiger charge is -2.25. The smallest absolute Gasteiger partial charge is 0.121 e. The number of thioether (sulfide) groups is 1. The van der Waals surface area contributed by atoms with Gasteiger partial charge in [0.2, 0.25) is 0 Å². The van der Waals surface area contributed by atoms with Gasteiger partial charge in [0, 0.05) is 35.6 Å². The molecule has 0 bridgehead atoms. The van der Waals surface area contributed by atoms with Crippen LogP contribution in [0.1, 0.15) is 28.4 Å². The quantitative estimate of drug-likeness (QED) is 0.547. The Morgan fingerprint density at radius 2 is 2.00 bits per heavy atom. The minimum Gasteiger partial charge on any atom is -0.497 e. The molecule has 0 fully saturated rings. The first-order valence-corrected chi connectivity index (χ1v) is 10.7. The number of aryl methyl sites for hydroxylation is 1. The fourth-order valence-electron chi connectivity index (χ4n) is 3.80. The second-order valence-corrected chi connectivity index (χ2v) is 8.49. The minimum atomic E-state index is 0.379. The zero-order valence-corrected chi connectivity index (χ0v) is 17.9. The van der Waals surface area contributed by atoms with E-state index in [2.05, 4.69) is 53.2 Å². The van der Waals surface area contributed by atoms with Crippen molar-refractivity contribution in [3.63, 3.8) is 0 Å². The number of aromatic nitrogens is 1. The molecule has 3 aromatic rings. The molecule has 2 heterocycles. The summed E-state index contributed by atoms with van der Waals surface area (Å²) in [5, 5.41) is 0.379. The Hall–Kier alpha value is -2.66. The van der Waals surface area contributed by atoms with Crippen LogP contribution in [0.4, 0.5) is 5.69 Å². The molecule has 1 aromatic heterocycles. The van der Waals surface area contributed by atoms with E-state index < -0.39 is 0 Å². The normalized spacial score (nSPS) is 16.1. The van der Waals surface area contributed by atoms with E-state index in [0.29, 0.717) is 5.25 Å². The lowest BCUT2D eigenvalue weighted by atomic mass is 10.1. The van der Waals surface area contributed by atoms with E-state index in [9.17, 15) is 0 Å². The van der Waals surface area contributed by atoms with Crippen molar-refractivity contribution in [3.05, 3.63) is 77.6 Å². The molecule has 5 heteroatoms. The third kappa shape index (κ3) is 4.35. The first-order valence-electron chi connectivity index (χ1n) is 9.81. The number of benzene rings is 2. The average Bonchev–Trinajstić information content (AvgIpc) is 2.93. The molecule has 0 saturated carbocycles. The molecule has 4 rings (SSSR count). The summed E-state index contributed by atoms with van der Waals surface area (Å²) < 4.78 is 11.0. The topological polar surface area (TPSA) is 34.6 Å². The Labute approximate surface area is 176 Å². The maximum absolute atomic E-state index is 5.51. The van der Waals surface area contributed by atoms with Crippen LogP contribution in [-0.4, -0.2) is 25.7 Å². The van der Waals surface area contributed by atoms with Crippen LogP contribution in [0.25, 0.3) is 0 Å². The molecule has 1 aliphatic rings. The second-order valence-electron chi connectivity index (χ2n) is 7.24. The summed E-state index contributed by atoms with van der Waals surface area (Å²) in [6.45, 7) is 3.94. The number of anilines is 1. The van der Waals surface area contributed by atoms with Gasteiger partial charge < -0.3 is 14.4 Å². The van der Waals surface area contributed by atoms with E-state index in [0.717, 1.165) is 31.0 Å². The van der Waals surface area contributed by atoms with Crippen molar-refractivity contribution in [1.82, 2.24) is 4.98 Å². The SMILES string of the molecule is COc1ccc2c(c1)SC(c1ccc(OC)c(C)c1)CCN2Cc1cccnc1. The van der Waals surface area contributed by atoms with Crippen LogP contribution >= 0.6 is 11.8 Å². The zero-order valence-electron chi connectivity index (χ0n) is 17.1. The summed E-state index contributed by atoms with van der Waals surface area (Å²) in [7, 11) is 3.45. The van der Waals surface area contributed by atoms with Crippen LogP contribution in [0.3, 0.4) is 0 Å². The maximum Gasteiger partial charge on any atom is 0.121 e. The first-order chi connectivity index (χ1) is 14.2. The predicted octanol–water partition coefficient (Wildman–Crippen LogP) is 5.65. The standard InChI is InChI=1S/C24H26N2O2S/c1-17-13-19(6-9-22(17)28-3)23-10-12-26(16-18-5-4-11-25-15-18)21-8-7-20(27-2)14-24(21)29-23/h4-9,11,13-15,23H,10,12,16H2,1-3H3. The van der Waals surface area contributed by atoms with Crippen LogP contribution in [0, 0.1) is 6.92 Å². The zero-order chi connectivity index (χ0) is 20.2. The summed E-state index contributed by atoms with van der Waals surface area (Å²) in [5.74, 6) is 1.83. The maximum atomic E-state index is 5.51. The molecule has 29 heavy (non-hydrogen) atoms. The number of hydrogen-bond donors (Lipinski definition) is 0. The summed E-state index contributed by atoms with van der Waals surface area (Å²) in [5.41, 5.74) is 4.99. The van der Waals surface area contributed by atoms with Gasteiger partial charge in [0.05, 0.1) is 19.9 Å². The van der Waals surface area contributed by atoms with E-state index in [1.54, 1.807) is 14.2 Å². The highest BCUT2D eigenvalue weighted by Gasteiger charge is 2.24. The predicted molar refractivity (Wildman–Crippen MR) is 119 cm³/mol. The lowest BCUT2D eigenvalue weighted by Crippen LogP contribution is -2.24. The molecule has 0 saturated heterocycles. The molecular weight excluding hydrogens is 380 g/mol. The van der Waals surface area contributed by atoms with Crippen LogP contribution in [0.5, 0.6) is 11.5 Å². The van der Waals surface area contributed by atoms with E-state index in [1.807, 2.05) is 36.3 Å². The molecule has 4 nitrogen and oxygen atoms in total. The van der Waals surface area contributed by atoms with Gasteiger partial charge in [-0.25, -0.2) is 0 Å². The van der Waals surface area contributed by atoms with Gasteiger partial charge in [-0.2, -0.15) is 0 Å². The highest BCUT2D eigenvalue weighted by molar-refractivity contribution is 7.99. The largest absolute Gasteiger partial charge is 0.497 e. The van der Waals surface area contributed by atoms with Crippen molar-refractivity contribution in [2.24, 2.45) is 0 Å². The molecular formula is C24H26N2O2S. The fourth-order valence-corrected chi connectivity index (χ4v) is 5.11. The number of rotatable bonds is 5. The third-order valence-corrected chi connectivity index (χ3v) is 6.70. The van der Waals surface area contributed by atoms with Gasteiger partial charge in [-0.15, -0.1) is 11.8 Å². The second kappa shape index (κ2) is 8.78. The van der Waals surface area contributed by atoms with Gasteiger partial charge >= 0.3 is 0 Å². The Morgan fingerprint density at radius 3 is 2.72 bits per heavy atom. The van der Waals surface area contributed by atoms with Crippen LogP contribution < -0.4 is 14.4 Å². The molecule has 0 spiro atoms. The van der Waals surface area contributed by atoms with Gasteiger partial charge in [-0.3, -0.25) is 4.98 Å². The Bertz CT molecular complexity index is 978. The van der Waals surface area contributed by atoms with Crippen LogP contribution in [0.15, 0.2) is 65.8 Å². The fraction of sp³-hybridized carbons (Fsp3) is 0.292. The minimum absolute atomic E-state index is 0.379. The van der Waals surface area contributed by atoms with Crippen molar-refractivity contribution in [1.29, 1.82) is 0 Å². The molecule has 150 valence electrons. The summed E-state index contributed by atoms with van der Waals surface area (Å²) in [4.78, 5) is 7.99. The van der Waals surface area contributed by atoms with Gasteiger partial charge in [0.1, 0.15) is 11.5 Å². The van der Waals surface area contributed by atoms with E-state index >= 15 is 0 Å². The average molecular weight is 407 g/mol.